The smallest absolute Gasteiger partial charge is 0.392 e. The second-order valence-corrected chi connectivity index (χ2v) is 3.04. The highest BCUT2D eigenvalue weighted by molar-refractivity contribution is 5.28. The van der Waals surface area contributed by atoms with Crippen molar-refractivity contribution in [3.8, 4) is 0 Å². The average Bonchev–Trinajstić information content (AvgIpc) is 2.15. The first-order chi connectivity index (χ1) is 7.20. The molecule has 90 valence electrons. The van der Waals surface area contributed by atoms with Gasteiger partial charge in [0.25, 0.3) is 0 Å². The molecule has 1 aromatic carbocycles. The Kier molecular flexibility index (Phi) is 3.18. The molecule has 1 rings (SSSR count). The molecule has 0 unspecified atom stereocenters. The van der Waals surface area contributed by atoms with Gasteiger partial charge in [0.15, 0.2) is 0 Å². The third kappa shape index (κ3) is 2.13. The van der Waals surface area contributed by atoms with Gasteiger partial charge in [-0.15, -0.1) is 0 Å². The first kappa shape index (κ1) is 12.8. The first-order valence-corrected chi connectivity index (χ1v) is 4.04. The Morgan fingerprint density at radius 3 is 2.00 bits per heavy atom. The normalized spacial score (nSPS) is 12.9. The lowest BCUT2D eigenvalue weighted by Gasteiger charge is -2.20. The zero-order valence-corrected chi connectivity index (χ0v) is 7.65. The standard InChI is InChI=1S/C9H6F6O/c10-7-3-5(4-16)1-2-6(7)8(11,12)9(13,14)15/h1-3,16H,4H2. The number of hydrogen-bond donors (Lipinski definition) is 1. The molecule has 0 heterocycles. The Balaban J connectivity index is 3.24. The van der Waals surface area contributed by atoms with Crippen molar-refractivity contribution in [1.82, 2.24) is 0 Å². The predicted molar refractivity (Wildman–Crippen MR) is 42.3 cm³/mol. The number of hydrogen-bond acceptors (Lipinski definition) is 1. The van der Waals surface area contributed by atoms with Crippen LogP contribution in [-0.2, 0) is 12.5 Å². The maximum atomic E-state index is 13.0. The minimum atomic E-state index is -5.85. The molecule has 1 aromatic rings. The highest BCUT2D eigenvalue weighted by atomic mass is 19.4. The molecule has 0 spiro atoms. The Morgan fingerprint density at radius 2 is 1.62 bits per heavy atom. The van der Waals surface area contributed by atoms with Crippen molar-refractivity contribution in [2.24, 2.45) is 0 Å². The van der Waals surface area contributed by atoms with Gasteiger partial charge in [-0.05, 0) is 17.7 Å². The van der Waals surface area contributed by atoms with Gasteiger partial charge in [0.1, 0.15) is 5.82 Å². The average molecular weight is 244 g/mol. The van der Waals surface area contributed by atoms with Gasteiger partial charge in [-0.2, -0.15) is 22.0 Å². The molecule has 1 N–H and O–H groups in total. The summed E-state index contributed by atoms with van der Waals surface area (Å²) in [6.45, 7) is -0.644. The number of benzene rings is 1. The van der Waals surface area contributed by atoms with Crippen molar-refractivity contribution in [3.63, 3.8) is 0 Å². The second kappa shape index (κ2) is 3.97. The Morgan fingerprint density at radius 1 is 1.06 bits per heavy atom. The molecule has 16 heavy (non-hydrogen) atoms. The number of rotatable bonds is 2. The molecule has 1 nitrogen and oxygen atoms in total. The predicted octanol–water partition coefficient (Wildman–Crippen LogP) is 2.97. The third-order valence-corrected chi connectivity index (χ3v) is 1.91. The molecule has 7 heteroatoms. The van der Waals surface area contributed by atoms with Crippen molar-refractivity contribution >= 4 is 0 Å². The van der Waals surface area contributed by atoms with Crippen LogP contribution in [0.15, 0.2) is 18.2 Å². The molecule has 0 aliphatic rings. The number of halogens is 6. The van der Waals surface area contributed by atoms with E-state index in [1.807, 2.05) is 0 Å². The molecule has 0 saturated heterocycles. The summed E-state index contributed by atoms with van der Waals surface area (Å²) >= 11 is 0. The first-order valence-electron chi connectivity index (χ1n) is 4.04. The molecule has 0 aromatic heterocycles. The monoisotopic (exact) mass is 244 g/mol. The van der Waals surface area contributed by atoms with E-state index in [9.17, 15) is 26.3 Å². The summed E-state index contributed by atoms with van der Waals surface area (Å²) < 4.78 is 74.2. The van der Waals surface area contributed by atoms with Gasteiger partial charge in [0, 0.05) is 0 Å². The van der Waals surface area contributed by atoms with E-state index in [4.69, 9.17) is 5.11 Å². The largest absolute Gasteiger partial charge is 0.458 e. The summed E-state index contributed by atoms with van der Waals surface area (Å²) in [4.78, 5) is 0. The van der Waals surface area contributed by atoms with E-state index in [0.29, 0.717) is 12.1 Å². The number of alkyl halides is 5. The molecular formula is C9H6F6O. The van der Waals surface area contributed by atoms with Crippen LogP contribution in [0.2, 0.25) is 0 Å². The van der Waals surface area contributed by atoms with Crippen LogP contribution >= 0.6 is 0 Å². The van der Waals surface area contributed by atoms with Crippen molar-refractivity contribution in [1.29, 1.82) is 0 Å². The van der Waals surface area contributed by atoms with E-state index in [0.717, 1.165) is 6.07 Å². The van der Waals surface area contributed by atoms with E-state index in [2.05, 4.69) is 0 Å². The fraction of sp³-hybridized carbons (Fsp3) is 0.333. The van der Waals surface area contributed by atoms with Crippen LogP contribution in [0, 0.1) is 5.82 Å². The van der Waals surface area contributed by atoms with Gasteiger partial charge >= 0.3 is 12.1 Å². The minimum Gasteiger partial charge on any atom is -0.392 e. The Labute approximate surface area is 86.3 Å². The van der Waals surface area contributed by atoms with Gasteiger partial charge in [0.2, 0.25) is 0 Å². The molecule has 0 aliphatic heterocycles. The highest BCUT2D eigenvalue weighted by Crippen LogP contribution is 2.44. The van der Waals surface area contributed by atoms with Crippen molar-refractivity contribution in [2.75, 3.05) is 0 Å². The molecule has 0 atom stereocenters. The SMILES string of the molecule is OCc1ccc(C(F)(F)C(F)(F)F)c(F)c1. The summed E-state index contributed by atoms with van der Waals surface area (Å²) in [5.41, 5.74) is -1.84. The van der Waals surface area contributed by atoms with Crippen LogP contribution in [0.5, 0.6) is 0 Å². The summed E-state index contributed by atoms with van der Waals surface area (Å²) in [6, 6.07) is 1.56. The molecule has 0 radical (unpaired) electrons. The molecule has 0 saturated carbocycles. The van der Waals surface area contributed by atoms with Gasteiger partial charge in [0.05, 0.1) is 12.2 Å². The van der Waals surface area contributed by atoms with Crippen molar-refractivity contribution in [3.05, 3.63) is 35.1 Å². The van der Waals surface area contributed by atoms with Crippen LogP contribution in [0.4, 0.5) is 26.3 Å². The van der Waals surface area contributed by atoms with Gasteiger partial charge < -0.3 is 5.11 Å². The lowest BCUT2D eigenvalue weighted by atomic mass is 10.1. The molecule has 0 amide bonds. The summed E-state index contributed by atoms with van der Waals surface area (Å²) in [7, 11) is 0. The van der Waals surface area contributed by atoms with Gasteiger partial charge in [-0.3, -0.25) is 0 Å². The van der Waals surface area contributed by atoms with Crippen LogP contribution in [0.3, 0.4) is 0 Å². The number of aliphatic hydroxyl groups excluding tert-OH is 1. The maximum absolute atomic E-state index is 13.0. The lowest BCUT2D eigenvalue weighted by Crippen LogP contribution is -2.34. The lowest BCUT2D eigenvalue weighted by molar-refractivity contribution is -0.290. The summed E-state index contributed by atoms with van der Waals surface area (Å²) in [6.07, 6.45) is -5.85. The van der Waals surface area contributed by atoms with Crippen LogP contribution in [-0.4, -0.2) is 11.3 Å². The minimum absolute atomic E-state index is 0.0841. The van der Waals surface area contributed by atoms with E-state index < -0.39 is 30.1 Å². The second-order valence-electron chi connectivity index (χ2n) is 3.04. The van der Waals surface area contributed by atoms with E-state index in [1.54, 1.807) is 0 Å². The molecule has 0 fully saturated rings. The Bertz CT molecular complexity index is 384. The quantitative estimate of drug-likeness (QED) is 0.793. The van der Waals surface area contributed by atoms with Crippen LogP contribution in [0.25, 0.3) is 0 Å². The zero-order chi connectivity index (χ0) is 12.6. The fourth-order valence-electron chi connectivity index (χ4n) is 1.06. The zero-order valence-electron chi connectivity index (χ0n) is 7.65. The van der Waals surface area contributed by atoms with E-state index in [-0.39, 0.29) is 5.56 Å². The topological polar surface area (TPSA) is 20.2 Å². The van der Waals surface area contributed by atoms with Gasteiger partial charge in [-0.1, -0.05) is 6.07 Å². The van der Waals surface area contributed by atoms with E-state index in [1.165, 1.54) is 0 Å². The molecule has 0 bridgehead atoms. The van der Waals surface area contributed by atoms with Crippen molar-refractivity contribution < 1.29 is 31.4 Å². The van der Waals surface area contributed by atoms with Gasteiger partial charge in [-0.25, -0.2) is 4.39 Å². The fourth-order valence-corrected chi connectivity index (χ4v) is 1.06. The third-order valence-electron chi connectivity index (χ3n) is 1.91. The van der Waals surface area contributed by atoms with E-state index >= 15 is 0 Å². The van der Waals surface area contributed by atoms with Crippen molar-refractivity contribution in [2.45, 2.75) is 18.7 Å². The van der Waals surface area contributed by atoms with Crippen LogP contribution < -0.4 is 0 Å². The summed E-state index contributed by atoms with van der Waals surface area (Å²) in [5.74, 6) is -6.95. The Hall–Kier alpha value is -1.24. The number of aliphatic hydroxyl groups is 1. The molecular weight excluding hydrogens is 238 g/mol. The highest BCUT2D eigenvalue weighted by Gasteiger charge is 2.59. The summed E-state index contributed by atoms with van der Waals surface area (Å²) in [5, 5.41) is 8.54. The maximum Gasteiger partial charge on any atom is 0.458 e. The van der Waals surface area contributed by atoms with Crippen LogP contribution in [0.1, 0.15) is 11.1 Å². The molecule has 0 aliphatic carbocycles.